The maximum Gasteiger partial charge on any atom is 0.326 e. The number of hydrogen-bond acceptors (Lipinski definition) is 5. The van der Waals surface area contributed by atoms with Crippen LogP contribution in [0.2, 0.25) is 0 Å². The number of likely N-dealkylation sites (tertiary alicyclic amines) is 1. The fraction of sp³-hybridized carbons (Fsp3) is 0.679. The van der Waals surface area contributed by atoms with Crippen molar-refractivity contribution in [1.29, 1.82) is 0 Å². The van der Waals surface area contributed by atoms with Crippen molar-refractivity contribution in [1.82, 2.24) is 9.80 Å². The average molecular weight is 486 g/mol. The third-order valence-electron chi connectivity index (χ3n) is 6.96. The summed E-state index contributed by atoms with van der Waals surface area (Å²) in [4.78, 5) is 43.8. The van der Waals surface area contributed by atoms with Gasteiger partial charge in [-0.3, -0.25) is 14.4 Å². The van der Waals surface area contributed by atoms with Gasteiger partial charge in [-0.2, -0.15) is 0 Å². The Morgan fingerprint density at radius 2 is 1.74 bits per heavy atom. The molecule has 2 atom stereocenters. The standard InChI is InChI=1S/C28H43N3O4/c1-20-16-28(5,6)13-15-31(17-20)26(34)21-8-10-23(11-9-21)30-14-12-22(18-30)25(33)29(7)19-24(32)35-27(2,3)4/h8-11,20,22H,12-19H2,1-7H3. The molecule has 2 unspecified atom stereocenters. The highest BCUT2D eigenvalue weighted by Gasteiger charge is 2.32. The highest BCUT2D eigenvalue weighted by Crippen LogP contribution is 2.33. The first kappa shape index (κ1) is 27.0. The van der Waals surface area contributed by atoms with Crippen molar-refractivity contribution < 1.29 is 19.1 Å². The summed E-state index contributed by atoms with van der Waals surface area (Å²) in [5, 5.41) is 0. The Bertz CT molecular complexity index is 919. The van der Waals surface area contributed by atoms with Gasteiger partial charge in [0, 0.05) is 44.5 Å². The van der Waals surface area contributed by atoms with Gasteiger partial charge < -0.3 is 19.4 Å². The maximum absolute atomic E-state index is 13.2. The molecule has 0 spiro atoms. The van der Waals surface area contributed by atoms with Crippen LogP contribution in [0.15, 0.2) is 24.3 Å². The number of anilines is 1. The van der Waals surface area contributed by atoms with Crippen LogP contribution < -0.4 is 4.90 Å². The van der Waals surface area contributed by atoms with Crippen molar-refractivity contribution in [3.8, 4) is 0 Å². The quantitative estimate of drug-likeness (QED) is 0.585. The van der Waals surface area contributed by atoms with E-state index in [-0.39, 0.29) is 29.7 Å². The van der Waals surface area contributed by atoms with E-state index in [9.17, 15) is 14.4 Å². The van der Waals surface area contributed by atoms with Gasteiger partial charge in [0.1, 0.15) is 12.1 Å². The van der Waals surface area contributed by atoms with Crippen molar-refractivity contribution in [3.63, 3.8) is 0 Å². The van der Waals surface area contributed by atoms with Crippen LogP contribution in [0.4, 0.5) is 5.69 Å². The number of carbonyl (C=O) groups is 3. The van der Waals surface area contributed by atoms with Gasteiger partial charge in [0.25, 0.3) is 5.91 Å². The normalized spacial score (nSPS) is 22.5. The first-order valence-corrected chi connectivity index (χ1v) is 12.9. The summed E-state index contributed by atoms with van der Waals surface area (Å²) >= 11 is 0. The molecule has 2 fully saturated rings. The Balaban J connectivity index is 1.56. The molecule has 7 heteroatoms. The molecule has 0 aromatic heterocycles. The zero-order valence-corrected chi connectivity index (χ0v) is 22.6. The predicted octanol–water partition coefficient (Wildman–Crippen LogP) is 4.21. The number of nitrogens with zero attached hydrogens (tertiary/aromatic N) is 3. The number of amides is 2. The summed E-state index contributed by atoms with van der Waals surface area (Å²) in [7, 11) is 1.65. The Hall–Kier alpha value is -2.57. The van der Waals surface area contributed by atoms with Crippen molar-refractivity contribution in [2.24, 2.45) is 17.3 Å². The number of likely N-dealkylation sites (N-methyl/N-ethyl adjacent to an activating group) is 1. The summed E-state index contributed by atoms with van der Waals surface area (Å²) in [5.74, 6) is -0.0116. The summed E-state index contributed by atoms with van der Waals surface area (Å²) in [6, 6.07) is 7.77. The lowest BCUT2D eigenvalue weighted by Crippen LogP contribution is -2.40. The van der Waals surface area contributed by atoms with Crippen molar-refractivity contribution in [2.75, 3.05) is 44.7 Å². The first-order valence-electron chi connectivity index (χ1n) is 12.9. The summed E-state index contributed by atoms with van der Waals surface area (Å²) in [5.41, 5.74) is 1.42. The van der Waals surface area contributed by atoms with E-state index in [0.717, 1.165) is 44.6 Å². The molecule has 0 saturated carbocycles. The van der Waals surface area contributed by atoms with Gasteiger partial charge in [-0.1, -0.05) is 20.8 Å². The van der Waals surface area contributed by atoms with Gasteiger partial charge in [0.15, 0.2) is 0 Å². The number of benzene rings is 1. The monoisotopic (exact) mass is 485 g/mol. The zero-order chi connectivity index (χ0) is 26.0. The minimum Gasteiger partial charge on any atom is -0.459 e. The fourth-order valence-electron chi connectivity index (χ4n) is 5.35. The second-order valence-corrected chi connectivity index (χ2v) is 12.2. The van der Waals surface area contributed by atoms with Crippen molar-refractivity contribution in [2.45, 2.75) is 66.4 Å². The molecule has 1 aromatic rings. The highest BCUT2D eigenvalue weighted by molar-refractivity contribution is 5.94. The number of esters is 1. The molecule has 0 N–H and O–H groups in total. The minimum atomic E-state index is -0.569. The van der Waals surface area contributed by atoms with Gasteiger partial charge >= 0.3 is 5.97 Å². The van der Waals surface area contributed by atoms with E-state index in [0.29, 0.717) is 18.0 Å². The molecule has 0 bridgehead atoms. The van der Waals surface area contributed by atoms with Crippen LogP contribution in [-0.2, 0) is 14.3 Å². The first-order chi connectivity index (χ1) is 16.2. The lowest BCUT2D eigenvalue weighted by atomic mass is 9.82. The number of ether oxygens (including phenoxy) is 1. The van der Waals surface area contributed by atoms with Gasteiger partial charge in [-0.15, -0.1) is 0 Å². The van der Waals surface area contributed by atoms with Gasteiger partial charge in [0.2, 0.25) is 5.91 Å². The third kappa shape index (κ3) is 7.45. The molecule has 7 nitrogen and oxygen atoms in total. The van der Waals surface area contributed by atoms with Gasteiger partial charge in [-0.25, -0.2) is 0 Å². The Morgan fingerprint density at radius 1 is 1.09 bits per heavy atom. The molecule has 2 aliphatic rings. The molecule has 2 aliphatic heterocycles. The third-order valence-corrected chi connectivity index (χ3v) is 6.96. The molecule has 2 saturated heterocycles. The van der Waals surface area contributed by atoms with Crippen molar-refractivity contribution in [3.05, 3.63) is 29.8 Å². The second-order valence-electron chi connectivity index (χ2n) is 12.2. The Morgan fingerprint density at radius 3 is 2.37 bits per heavy atom. The molecular weight excluding hydrogens is 442 g/mol. The van der Waals surface area contributed by atoms with Crippen LogP contribution in [0.25, 0.3) is 0 Å². The largest absolute Gasteiger partial charge is 0.459 e. The molecule has 35 heavy (non-hydrogen) atoms. The van der Waals surface area contributed by atoms with E-state index in [1.165, 1.54) is 4.90 Å². The topological polar surface area (TPSA) is 70.2 Å². The minimum absolute atomic E-state index is 0.0386. The molecule has 0 radical (unpaired) electrons. The van der Waals surface area contributed by atoms with E-state index in [2.05, 4.69) is 25.7 Å². The highest BCUT2D eigenvalue weighted by atomic mass is 16.6. The van der Waals surface area contributed by atoms with Gasteiger partial charge in [0.05, 0.1) is 5.92 Å². The van der Waals surface area contributed by atoms with E-state index in [4.69, 9.17) is 4.74 Å². The van der Waals surface area contributed by atoms with Crippen LogP contribution in [-0.4, -0.2) is 73.0 Å². The average Bonchev–Trinajstić information content (AvgIpc) is 3.18. The summed E-state index contributed by atoms with van der Waals surface area (Å²) in [6.07, 6.45) is 2.89. The van der Waals surface area contributed by atoms with E-state index < -0.39 is 11.6 Å². The molecule has 2 amide bonds. The summed E-state index contributed by atoms with van der Waals surface area (Å²) < 4.78 is 5.33. The maximum atomic E-state index is 13.2. The molecule has 1 aromatic carbocycles. The van der Waals surface area contributed by atoms with Crippen LogP contribution >= 0.6 is 0 Å². The Labute approximate surface area is 210 Å². The number of rotatable bonds is 5. The lowest BCUT2D eigenvalue weighted by Gasteiger charge is -2.25. The van der Waals surface area contributed by atoms with E-state index >= 15 is 0 Å². The van der Waals surface area contributed by atoms with E-state index in [1.807, 2.05) is 49.9 Å². The smallest absolute Gasteiger partial charge is 0.326 e. The van der Waals surface area contributed by atoms with Crippen LogP contribution in [0.1, 0.15) is 71.2 Å². The second kappa shape index (κ2) is 10.6. The molecule has 194 valence electrons. The molecular formula is C28H43N3O4. The lowest BCUT2D eigenvalue weighted by molar-refractivity contribution is -0.158. The SMILES string of the molecule is CC1CN(C(=O)c2ccc(N3CCC(C(=O)N(C)CC(=O)OC(C)(C)C)C3)cc2)CCC(C)(C)C1. The molecule has 2 heterocycles. The molecule has 3 rings (SSSR count). The number of carbonyl (C=O) groups excluding carboxylic acids is 3. The molecule has 0 aliphatic carbocycles. The zero-order valence-electron chi connectivity index (χ0n) is 22.6. The summed E-state index contributed by atoms with van der Waals surface area (Å²) in [6.45, 7) is 15.2. The van der Waals surface area contributed by atoms with Crippen LogP contribution in [0.5, 0.6) is 0 Å². The number of hydrogen-bond donors (Lipinski definition) is 0. The fourth-order valence-corrected chi connectivity index (χ4v) is 5.35. The van der Waals surface area contributed by atoms with Gasteiger partial charge in [-0.05, 0) is 75.6 Å². The van der Waals surface area contributed by atoms with Crippen LogP contribution in [0, 0.1) is 17.3 Å². The van der Waals surface area contributed by atoms with Crippen LogP contribution in [0.3, 0.4) is 0 Å². The predicted molar refractivity (Wildman–Crippen MR) is 138 cm³/mol. The Kier molecular flexibility index (Phi) is 8.17. The van der Waals surface area contributed by atoms with E-state index in [1.54, 1.807) is 7.05 Å². The van der Waals surface area contributed by atoms with Crippen molar-refractivity contribution >= 4 is 23.5 Å².